The molecule has 0 radical (unpaired) electrons. The van der Waals surface area contributed by atoms with Crippen molar-refractivity contribution in [1.82, 2.24) is 19.2 Å². The van der Waals surface area contributed by atoms with Gasteiger partial charge in [0.25, 0.3) is 0 Å². The second-order valence-electron chi connectivity index (χ2n) is 9.73. The van der Waals surface area contributed by atoms with Crippen LogP contribution < -0.4 is 5.32 Å². The van der Waals surface area contributed by atoms with Crippen LogP contribution in [0.4, 0.5) is 10.5 Å². The number of nitrogens with one attached hydrogen (secondary N) is 1. The number of thioether (sulfide) groups is 1. The zero-order chi connectivity index (χ0) is 26.9. The van der Waals surface area contributed by atoms with E-state index in [9.17, 15) is 4.79 Å². The number of hydrogen-bond acceptors (Lipinski definition) is 3. The molecule has 0 aliphatic carbocycles. The first-order valence-corrected chi connectivity index (χ1v) is 14.4. The van der Waals surface area contributed by atoms with E-state index in [-0.39, 0.29) is 12.1 Å². The van der Waals surface area contributed by atoms with Gasteiger partial charge in [-0.1, -0.05) is 55.5 Å². The number of carbonyl (C=O) groups excluding carboxylic acids is 1. The lowest BCUT2D eigenvalue weighted by Gasteiger charge is -2.31. The highest BCUT2D eigenvalue weighted by atomic mass is 32.2. The van der Waals surface area contributed by atoms with Gasteiger partial charge in [0.1, 0.15) is 5.82 Å². The van der Waals surface area contributed by atoms with Gasteiger partial charge in [-0.05, 0) is 73.2 Å². The largest absolute Gasteiger partial charge is 0.322 e. The van der Waals surface area contributed by atoms with Crippen molar-refractivity contribution < 1.29 is 4.79 Å². The van der Waals surface area contributed by atoms with Crippen LogP contribution in [0.25, 0.3) is 11.5 Å². The minimum Gasteiger partial charge on any atom is -0.308 e. The van der Waals surface area contributed by atoms with Gasteiger partial charge in [-0.2, -0.15) is 5.10 Å². The van der Waals surface area contributed by atoms with Gasteiger partial charge in [0.2, 0.25) is 0 Å². The van der Waals surface area contributed by atoms with Crippen LogP contribution in [0.15, 0.2) is 102 Å². The summed E-state index contributed by atoms with van der Waals surface area (Å²) >= 11 is 1.66. The second kappa shape index (κ2) is 10.5. The van der Waals surface area contributed by atoms with Crippen LogP contribution >= 0.6 is 11.8 Å². The van der Waals surface area contributed by atoms with Crippen molar-refractivity contribution in [3.8, 4) is 11.5 Å². The number of aromatic nitrogens is 3. The summed E-state index contributed by atoms with van der Waals surface area (Å²) < 4.78 is 4.19. The molecule has 3 aromatic carbocycles. The quantitative estimate of drug-likeness (QED) is 0.240. The Labute approximate surface area is 233 Å². The van der Waals surface area contributed by atoms with Crippen LogP contribution in [0, 0.1) is 6.92 Å². The third-order valence-electron chi connectivity index (χ3n) is 7.37. The zero-order valence-corrected chi connectivity index (χ0v) is 23.2. The van der Waals surface area contributed by atoms with Crippen LogP contribution in [-0.2, 0) is 13.0 Å². The number of para-hydroxylation sites is 1. The average molecular weight is 534 g/mol. The van der Waals surface area contributed by atoms with Gasteiger partial charge in [0.05, 0.1) is 29.7 Å². The third-order valence-corrected chi connectivity index (χ3v) is 8.10. The lowest BCUT2D eigenvalue weighted by molar-refractivity contribution is 0.194. The van der Waals surface area contributed by atoms with Crippen LogP contribution in [0.1, 0.15) is 41.0 Å². The predicted octanol–water partition coefficient (Wildman–Crippen LogP) is 7.39. The van der Waals surface area contributed by atoms with Crippen LogP contribution in [0.3, 0.4) is 0 Å². The van der Waals surface area contributed by atoms with E-state index in [0.717, 1.165) is 51.0 Å². The molecule has 6 nitrogen and oxygen atoms in total. The van der Waals surface area contributed by atoms with Gasteiger partial charge in [-0.3, -0.25) is 0 Å². The molecule has 2 amide bonds. The Kier molecular flexibility index (Phi) is 6.75. The first kappa shape index (κ1) is 25.1. The highest BCUT2D eigenvalue weighted by Gasteiger charge is 2.36. The van der Waals surface area contributed by atoms with E-state index in [4.69, 9.17) is 5.10 Å². The maximum Gasteiger partial charge on any atom is 0.322 e. The number of urea groups is 1. The SMILES string of the molecule is CCc1ccc([C@@H]2c3cccn3-c3c(c(C)nn3-c3ccccc3)CN2C(=O)Nc2cccc(SC)c2)cc1. The minimum absolute atomic E-state index is 0.148. The van der Waals surface area contributed by atoms with Gasteiger partial charge in [0.15, 0.2) is 0 Å². The summed E-state index contributed by atoms with van der Waals surface area (Å²) in [5, 5.41) is 8.12. The highest BCUT2D eigenvalue weighted by Crippen LogP contribution is 2.39. The maximum absolute atomic E-state index is 14.1. The van der Waals surface area contributed by atoms with Crippen molar-refractivity contribution in [2.75, 3.05) is 11.6 Å². The molecule has 0 saturated heterocycles. The smallest absolute Gasteiger partial charge is 0.308 e. The molecule has 196 valence electrons. The lowest BCUT2D eigenvalue weighted by atomic mass is 9.99. The summed E-state index contributed by atoms with van der Waals surface area (Å²) in [6.07, 6.45) is 5.08. The molecule has 7 heteroatoms. The van der Waals surface area contributed by atoms with Crippen molar-refractivity contribution in [2.24, 2.45) is 0 Å². The topological polar surface area (TPSA) is 55.1 Å². The van der Waals surface area contributed by atoms with Gasteiger partial charge >= 0.3 is 6.03 Å². The van der Waals surface area contributed by atoms with Crippen LogP contribution in [-0.4, -0.2) is 31.5 Å². The molecule has 0 bridgehead atoms. The van der Waals surface area contributed by atoms with Crippen molar-refractivity contribution >= 4 is 23.5 Å². The fourth-order valence-electron chi connectivity index (χ4n) is 5.33. The number of carbonyl (C=O) groups is 1. The Morgan fingerprint density at radius 2 is 1.79 bits per heavy atom. The number of rotatable bonds is 5. The van der Waals surface area contributed by atoms with Crippen LogP contribution in [0.5, 0.6) is 0 Å². The fourth-order valence-corrected chi connectivity index (χ4v) is 5.79. The van der Waals surface area contributed by atoms with Crippen molar-refractivity contribution in [1.29, 1.82) is 0 Å². The lowest BCUT2D eigenvalue weighted by Crippen LogP contribution is -2.38. The Balaban J connectivity index is 1.51. The first-order chi connectivity index (χ1) is 19.1. The van der Waals surface area contributed by atoms with E-state index >= 15 is 0 Å². The molecule has 0 unspecified atom stereocenters. The van der Waals surface area contributed by atoms with Crippen molar-refractivity contribution in [3.05, 3.63) is 125 Å². The summed E-state index contributed by atoms with van der Waals surface area (Å²) in [5.41, 5.74) is 7.05. The molecule has 1 N–H and O–H groups in total. The molecule has 2 aromatic heterocycles. The molecule has 1 atom stereocenters. The van der Waals surface area contributed by atoms with E-state index in [1.807, 2.05) is 71.3 Å². The Hall–Kier alpha value is -4.23. The highest BCUT2D eigenvalue weighted by molar-refractivity contribution is 7.98. The molecule has 1 aliphatic heterocycles. The number of anilines is 1. The van der Waals surface area contributed by atoms with Crippen molar-refractivity contribution in [3.63, 3.8) is 0 Å². The Morgan fingerprint density at radius 1 is 1.00 bits per heavy atom. The summed E-state index contributed by atoms with van der Waals surface area (Å²) in [6, 6.07) is 30.5. The molecule has 39 heavy (non-hydrogen) atoms. The number of amides is 2. The normalized spacial score (nSPS) is 14.4. The van der Waals surface area contributed by atoms with Gasteiger partial charge in [-0.15, -0.1) is 11.8 Å². The molecule has 5 aromatic rings. The minimum atomic E-state index is -0.286. The average Bonchev–Trinajstić information content (AvgIpc) is 3.54. The fraction of sp³-hybridized carbons (Fsp3) is 0.188. The van der Waals surface area contributed by atoms with Gasteiger partial charge in [0, 0.05) is 22.3 Å². The molecule has 0 spiro atoms. The molecular formula is C32H31N5OS. The monoisotopic (exact) mass is 533 g/mol. The van der Waals surface area contributed by atoms with Gasteiger partial charge < -0.3 is 14.8 Å². The van der Waals surface area contributed by atoms with E-state index in [1.54, 1.807) is 11.8 Å². The number of fused-ring (bicyclic) bond motifs is 3. The van der Waals surface area contributed by atoms with E-state index < -0.39 is 0 Å². The van der Waals surface area contributed by atoms with Crippen molar-refractivity contribution in [2.45, 2.75) is 37.8 Å². The maximum atomic E-state index is 14.1. The molecule has 3 heterocycles. The predicted molar refractivity (Wildman–Crippen MR) is 158 cm³/mol. The summed E-state index contributed by atoms with van der Waals surface area (Å²) in [4.78, 5) is 17.2. The third kappa shape index (κ3) is 4.63. The van der Waals surface area contributed by atoms with E-state index in [2.05, 4.69) is 65.5 Å². The van der Waals surface area contributed by atoms with E-state index in [1.165, 1.54) is 5.56 Å². The zero-order valence-electron chi connectivity index (χ0n) is 22.3. The van der Waals surface area contributed by atoms with Gasteiger partial charge in [-0.25, -0.2) is 9.48 Å². The molecular weight excluding hydrogens is 502 g/mol. The standard InChI is InChI=1S/C32H31N5OS/c1-4-23-15-17-24(18-16-23)30-29-14-9-19-35(29)31-28(22(2)34-37(31)26-11-6-5-7-12-26)21-36(30)32(38)33-25-10-8-13-27(20-25)39-3/h5-20,30H,4,21H2,1-3H3,(H,33,38)/t30-/m1/s1. The first-order valence-electron chi connectivity index (χ1n) is 13.2. The summed E-state index contributed by atoms with van der Waals surface area (Å²) in [6.45, 7) is 4.60. The molecule has 0 fully saturated rings. The Morgan fingerprint density at radius 3 is 2.54 bits per heavy atom. The number of benzene rings is 3. The Bertz CT molecular complexity index is 1620. The number of nitrogens with zero attached hydrogens (tertiary/aromatic N) is 4. The summed E-state index contributed by atoms with van der Waals surface area (Å²) in [5.74, 6) is 0.966. The van der Waals surface area contributed by atoms with Crippen LogP contribution in [0.2, 0.25) is 0 Å². The molecule has 6 rings (SSSR count). The molecule has 0 saturated carbocycles. The summed E-state index contributed by atoms with van der Waals surface area (Å²) in [7, 11) is 0. The number of hydrogen-bond donors (Lipinski definition) is 1. The second-order valence-corrected chi connectivity index (χ2v) is 10.6. The van der Waals surface area contributed by atoms with E-state index in [0.29, 0.717) is 6.54 Å². The molecule has 1 aliphatic rings. The number of aryl methyl sites for hydroxylation is 2.